The number of anilines is 1. The molecule has 0 fully saturated rings. The fourth-order valence-corrected chi connectivity index (χ4v) is 2.15. The average Bonchev–Trinajstić information content (AvgIpc) is 2.87. The summed E-state index contributed by atoms with van der Waals surface area (Å²) in [5, 5.41) is 24.2. The maximum atomic E-state index is 11.3. The van der Waals surface area contributed by atoms with Crippen molar-refractivity contribution in [3.63, 3.8) is 0 Å². The molecule has 2 aromatic rings. The maximum Gasteiger partial charge on any atom is 0.269 e. The number of carbonyl (C=O) groups excluding carboxylic acids is 1. The van der Waals surface area contributed by atoms with Gasteiger partial charge < -0.3 is 5.11 Å². The summed E-state index contributed by atoms with van der Waals surface area (Å²) < 4.78 is 0. The fourth-order valence-electron chi connectivity index (χ4n) is 1.43. The van der Waals surface area contributed by atoms with Crippen LogP contribution in [0.4, 0.5) is 10.8 Å². The van der Waals surface area contributed by atoms with E-state index in [1.165, 1.54) is 30.4 Å². The van der Waals surface area contributed by atoms with E-state index in [4.69, 9.17) is 5.11 Å². The minimum atomic E-state index is -1.11. The average molecular weight is 293 g/mol. The highest BCUT2D eigenvalue weighted by Crippen LogP contribution is 2.26. The van der Waals surface area contributed by atoms with Crippen molar-refractivity contribution in [2.45, 2.75) is 13.0 Å². The lowest BCUT2D eigenvalue weighted by Crippen LogP contribution is -2.24. The molecule has 1 amide bonds. The Balaban J connectivity index is 2.16. The number of amides is 1. The Morgan fingerprint density at radius 3 is 2.65 bits per heavy atom. The smallest absolute Gasteiger partial charge is 0.269 e. The molecule has 1 heterocycles. The predicted molar refractivity (Wildman–Crippen MR) is 74.5 cm³/mol. The third kappa shape index (κ3) is 3.16. The Bertz CT molecular complexity index is 636. The lowest BCUT2D eigenvalue weighted by Gasteiger charge is -2.02. The van der Waals surface area contributed by atoms with Gasteiger partial charge in [-0.25, -0.2) is 4.98 Å². The molecule has 0 radical (unpaired) electrons. The van der Waals surface area contributed by atoms with E-state index in [9.17, 15) is 14.9 Å². The summed E-state index contributed by atoms with van der Waals surface area (Å²) in [6, 6.07) is 5.96. The Labute approximate surface area is 118 Å². The first-order chi connectivity index (χ1) is 9.47. The molecule has 0 bridgehead atoms. The zero-order valence-electron chi connectivity index (χ0n) is 10.4. The maximum absolute atomic E-state index is 11.3. The van der Waals surface area contributed by atoms with Gasteiger partial charge in [0.05, 0.1) is 10.6 Å². The topological polar surface area (TPSA) is 105 Å². The fraction of sp³-hybridized carbons (Fsp3) is 0.167. The molecular formula is C12H11N3O4S. The lowest BCUT2D eigenvalue weighted by molar-refractivity contribution is -0.384. The normalized spacial score (nSPS) is 11.9. The Kier molecular flexibility index (Phi) is 4.06. The molecular weight excluding hydrogens is 282 g/mol. The van der Waals surface area contributed by atoms with Crippen LogP contribution in [0.25, 0.3) is 11.3 Å². The number of nitrogens with one attached hydrogen (secondary N) is 1. The van der Waals surface area contributed by atoms with Gasteiger partial charge in [0.25, 0.3) is 11.6 Å². The molecule has 0 saturated carbocycles. The number of hydrogen-bond donors (Lipinski definition) is 2. The minimum absolute atomic E-state index is 0.00612. The van der Waals surface area contributed by atoms with Gasteiger partial charge >= 0.3 is 0 Å². The van der Waals surface area contributed by atoms with E-state index in [2.05, 4.69) is 10.3 Å². The molecule has 7 nitrogen and oxygen atoms in total. The number of carbonyl (C=O) groups is 1. The zero-order chi connectivity index (χ0) is 14.7. The van der Waals surface area contributed by atoms with Gasteiger partial charge in [-0.3, -0.25) is 20.2 Å². The first kappa shape index (κ1) is 14.1. The van der Waals surface area contributed by atoms with E-state index in [-0.39, 0.29) is 5.69 Å². The van der Waals surface area contributed by atoms with Gasteiger partial charge in [0.1, 0.15) is 6.10 Å². The summed E-state index contributed by atoms with van der Waals surface area (Å²) in [4.78, 5) is 25.6. The van der Waals surface area contributed by atoms with Crippen molar-refractivity contribution < 1.29 is 14.8 Å². The molecule has 1 aromatic heterocycles. The van der Waals surface area contributed by atoms with Gasteiger partial charge in [-0.1, -0.05) is 0 Å². The summed E-state index contributed by atoms with van der Waals surface area (Å²) in [7, 11) is 0. The van der Waals surface area contributed by atoms with Crippen LogP contribution in [0, 0.1) is 10.1 Å². The highest BCUT2D eigenvalue weighted by molar-refractivity contribution is 7.14. The van der Waals surface area contributed by atoms with Gasteiger partial charge in [0, 0.05) is 23.1 Å². The Morgan fingerprint density at radius 2 is 2.10 bits per heavy atom. The van der Waals surface area contributed by atoms with Crippen molar-refractivity contribution in [1.82, 2.24) is 4.98 Å². The third-order valence-electron chi connectivity index (χ3n) is 2.49. The highest BCUT2D eigenvalue weighted by Gasteiger charge is 2.12. The van der Waals surface area contributed by atoms with Crippen LogP contribution in [-0.4, -0.2) is 27.0 Å². The van der Waals surface area contributed by atoms with E-state index in [0.29, 0.717) is 16.4 Å². The number of aliphatic hydroxyl groups is 1. The number of benzene rings is 1. The van der Waals surface area contributed by atoms with Crippen molar-refractivity contribution in [1.29, 1.82) is 0 Å². The molecule has 0 aliphatic heterocycles. The summed E-state index contributed by atoms with van der Waals surface area (Å²) >= 11 is 1.21. The molecule has 2 rings (SSSR count). The van der Waals surface area contributed by atoms with Crippen molar-refractivity contribution in [2.75, 3.05) is 5.32 Å². The lowest BCUT2D eigenvalue weighted by atomic mass is 10.1. The van der Waals surface area contributed by atoms with Gasteiger partial charge in [0.15, 0.2) is 5.13 Å². The number of aromatic nitrogens is 1. The van der Waals surface area contributed by atoms with Crippen LogP contribution in [0.2, 0.25) is 0 Å². The molecule has 0 saturated heterocycles. The molecule has 8 heteroatoms. The van der Waals surface area contributed by atoms with Crippen molar-refractivity contribution in [3.05, 3.63) is 39.8 Å². The third-order valence-corrected chi connectivity index (χ3v) is 3.25. The van der Waals surface area contributed by atoms with Crippen LogP contribution >= 0.6 is 11.3 Å². The molecule has 20 heavy (non-hydrogen) atoms. The Morgan fingerprint density at radius 1 is 1.45 bits per heavy atom. The van der Waals surface area contributed by atoms with E-state index < -0.39 is 16.9 Å². The highest BCUT2D eigenvalue weighted by atomic mass is 32.1. The van der Waals surface area contributed by atoms with E-state index >= 15 is 0 Å². The second-order valence-corrected chi connectivity index (χ2v) is 4.87. The molecule has 1 aromatic carbocycles. The number of hydrogen-bond acceptors (Lipinski definition) is 6. The molecule has 2 N–H and O–H groups in total. The van der Waals surface area contributed by atoms with Gasteiger partial charge in [-0.15, -0.1) is 11.3 Å². The van der Waals surface area contributed by atoms with Crippen LogP contribution in [0.3, 0.4) is 0 Å². The van der Waals surface area contributed by atoms with Crippen LogP contribution in [0.15, 0.2) is 29.6 Å². The predicted octanol–water partition coefficient (Wildman–Crippen LogP) is 2.04. The summed E-state index contributed by atoms with van der Waals surface area (Å²) in [6.45, 7) is 1.36. The number of thiazole rings is 1. The van der Waals surface area contributed by atoms with Crippen LogP contribution in [0.5, 0.6) is 0 Å². The van der Waals surface area contributed by atoms with Crippen LogP contribution < -0.4 is 5.32 Å². The Hall–Kier alpha value is -2.32. The largest absolute Gasteiger partial charge is 0.384 e. The second-order valence-electron chi connectivity index (χ2n) is 4.01. The monoisotopic (exact) mass is 293 g/mol. The molecule has 0 spiro atoms. The minimum Gasteiger partial charge on any atom is -0.384 e. The molecule has 1 atom stereocenters. The number of rotatable bonds is 4. The number of nitro groups is 1. The van der Waals surface area contributed by atoms with Crippen LogP contribution in [-0.2, 0) is 4.79 Å². The van der Waals surface area contributed by atoms with E-state index in [0.717, 1.165) is 0 Å². The zero-order valence-corrected chi connectivity index (χ0v) is 11.3. The van der Waals surface area contributed by atoms with E-state index in [1.54, 1.807) is 17.5 Å². The molecule has 0 aliphatic carbocycles. The molecule has 0 aliphatic rings. The number of aliphatic hydroxyl groups excluding tert-OH is 1. The number of nitrogens with zero attached hydrogens (tertiary/aromatic N) is 2. The SMILES string of the molecule is CC(O)C(=O)Nc1nc(-c2ccc([N+](=O)[O-])cc2)cs1. The first-order valence-corrected chi connectivity index (χ1v) is 6.54. The second kappa shape index (κ2) is 5.76. The van der Waals surface area contributed by atoms with Crippen LogP contribution in [0.1, 0.15) is 6.92 Å². The summed E-state index contributed by atoms with van der Waals surface area (Å²) in [6.07, 6.45) is -1.11. The van der Waals surface area contributed by atoms with Gasteiger partial charge in [-0.05, 0) is 19.1 Å². The summed E-state index contributed by atoms with van der Waals surface area (Å²) in [5.41, 5.74) is 1.32. The van der Waals surface area contributed by atoms with Crippen molar-refractivity contribution >= 4 is 28.1 Å². The van der Waals surface area contributed by atoms with E-state index in [1.807, 2.05) is 0 Å². The molecule has 104 valence electrons. The first-order valence-electron chi connectivity index (χ1n) is 5.66. The van der Waals surface area contributed by atoms with Crippen molar-refractivity contribution in [2.24, 2.45) is 0 Å². The standard InChI is InChI=1S/C12H11N3O4S/c1-7(16)11(17)14-12-13-10(6-20-12)8-2-4-9(5-3-8)15(18)19/h2-7,16H,1H3,(H,13,14,17). The number of non-ortho nitro benzene ring substituents is 1. The quantitative estimate of drug-likeness (QED) is 0.663. The van der Waals surface area contributed by atoms with Gasteiger partial charge in [-0.2, -0.15) is 0 Å². The number of nitro benzene ring substituents is 1. The summed E-state index contributed by atoms with van der Waals surface area (Å²) in [5.74, 6) is -0.533. The van der Waals surface area contributed by atoms with Gasteiger partial charge in [0.2, 0.25) is 0 Å². The molecule has 1 unspecified atom stereocenters. The van der Waals surface area contributed by atoms with Crippen molar-refractivity contribution in [3.8, 4) is 11.3 Å².